The van der Waals surface area contributed by atoms with Gasteiger partial charge in [-0.15, -0.1) is 0 Å². The first-order valence-electron chi connectivity index (χ1n) is 25.9. The van der Waals surface area contributed by atoms with E-state index in [1.165, 1.54) is 33.8 Å². The second kappa shape index (κ2) is 21.0. The van der Waals surface area contributed by atoms with Crippen LogP contribution in [0.3, 0.4) is 0 Å². The first-order chi connectivity index (χ1) is 36.0. The van der Waals surface area contributed by atoms with Gasteiger partial charge in [-0.2, -0.15) is 5.10 Å². The fourth-order valence-electron chi connectivity index (χ4n) is 12.6. The third-order valence-electron chi connectivity index (χ3n) is 16.5. The van der Waals surface area contributed by atoms with Gasteiger partial charge in [0.2, 0.25) is 17.7 Å². The van der Waals surface area contributed by atoms with Crippen LogP contribution in [-0.2, 0) is 22.2 Å². The number of nitrogens with two attached hydrogens (primary N) is 1. The second-order valence-electron chi connectivity index (χ2n) is 20.8. The number of hydrogen-bond donors (Lipinski definition) is 4. The van der Waals surface area contributed by atoms with E-state index in [9.17, 15) is 24.3 Å². The van der Waals surface area contributed by atoms with E-state index in [4.69, 9.17) is 26.8 Å². The summed E-state index contributed by atoms with van der Waals surface area (Å²) in [6, 6.07) is 13.9. The highest BCUT2D eigenvalue weighted by Crippen LogP contribution is 2.57. The summed E-state index contributed by atoms with van der Waals surface area (Å²) in [7, 11) is 1.55. The van der Waals surface area contributed by atoms with Gasteiger partial charge in [0.15, 0.2) is 28.8 Å². The largest absolute Gasteiger partial charge is 0.488 e. The molecule has 1 saturated carbocycles. The fraction of sp³-hybridized carbons (Fsp3) is 0.473. The number of aliphatic hydroxyl groups excluding tert-OH is 1. The number of imide groups is 1. The number of primary amides is 1. The molecule has 3 saturated heterocycles. The maximum absolute atomic E-state index is 16.5. The standard InChI is InChI=1S/C55H61ClF4N8O7/c1-29-25-35(66-19-15-31(16-20-66)44-38(57)26-37-50(49(44)60)65(3)64-52(37)68-22-18-42(70)63-54(68)73)17-21-67(29)53(72)32-9-11-34(12-10-32)62-28-55(33-7-5-4-6-8-33)30(2)43-41(75-55)27-39(58)47(56)46(43)45-36(51(61)71)13-14-40(48(45)59)74-24-23-69/h4-8,13-14,26-27,29-32,34-35,62,69H,9-12,15-25,28H2,1-3H3,(H2,61,71)(H,63,70,73)/t29-,30-,32?,34?,35?,55-/m0/s1. The van der Waals surface area contributed by atoms with E-state index >= 15 is 17.6 Å². The van der Waals surface area contributed by atoms with E-state index in [0.29, 0.717) is 50.9 Å². The maximum Gasteiger partial charge on any atom is 0.329 e. The minimum atomic E-state index is -1.14. The number of fused-ring (bicyclic) bond motifs is 2. The van der Waals surface area contributed by atoms with Gasteiger partial charge in [-0.05, 0) is 101 Å². The molecule has 5 heterocycles. The van der Waals surface area contributed by atoms with Crippen LogP contribution in [0.4, 0.5) is 28.2 Å². The van der Waals surface area contributed by atoms with E-state index in [0.717, 1.165) is 31.2 Å². The highest BCUT2D eigenvalue weighted by Gasteiger charge is 2.51. The average Bonchev–Trinajstić information content (AvgIpc) is 3.96. The van der Waals surface area contributed by atoms with Gasteiger partial charge < -0.3 is 35.4 Å². The van der Waals surface area contributed by atoms with Gasteiger partial charge in [0.05, 0.1) is 22.6 Å². The lowest BCUT2D eigenvalue weighted by molar-refractivity contribution is -0.141. The van der Waals surface area contributed by atoms with Crippen molar-refractivity contribution < 1.29 is 51.3 Å². The van der Waals surface area contributed by atoms with Crippen LogP contribution in [0.5, 0.6) is 11.5 Å². The summed E-state index contributed by atoms with van der Waals surface area (Å²) in [6.45, 7) is 5.59. The van der Waals surface area contributed by atoms with Crippen LogP contribution in [0.15, 0.2) is 54.6 Å². The number of hydrogen-bond acceptors (Lipinski definition) is 10. The SMILES string of the molecule is C[C@H]1CC(N2CCC(c3c(F)cc4c(N5CCC(=O)NC5=O)nn(C)c4c3F)CC2)CCN1C(=O)C1CCC(NC[C@]2(c3ccccc3)Oc3cc(F)c(Cl)c(-c4c(C(N)=O)ccc(OCCO)c4F)c3[C@@H]2C)CC1. The molecular weight excluding hydrogens is 996 g/mol. The number of carbonyl (C=O) groups excluding carboxylic acids is 4. The molecule has 398 valence electrons. The van der Waals surface area contributed by atoms with Crippen molar-refractivity contribution in [3.63, 3.8) is 0 Å². The molecule has 1 aromatic heterocycles. The van der Waals surface area contributed by atoms with E-state index in [-0.39, 0.29) is 112 Å². The molecule has 5 amide bonds. The number of aromatic nitrogens is 2. The Hall–Kier alpha value is -6.28. The number of aliphatic hydroxyl groups is 1. The first-order valence-corrected chi connectivity index (χ1v) is 26.3. The average molecular weight is 1060 g/mol. The number of carbonyl (C=O) groups is 4. The Morgan fingerprint density at radius 3 is 2.33 bits per heavy atom. The number of urea groups is 1. The molecule has 4 fully saturated rings. The predicted octanol–water partition coefficient (Wildman–Crippen LogP) is 8.17. The summed E-state index contributed by atoms with van der Waals surface area (Å²) in [6.07, 6.45) is 5.52. The van der Waals surface area contributed by atoms with Gasteiger partial charge >= 0.3 is 6.03 Å². The molecule has 5 N–H and O–H groups in total. The Labute approximate surface area is 436 Å². The molecular formula is C55H61ClF4N8O7. The molecule has 4 aromatic carbocycles. The molecule has 20 heteroatoms. The normalized spacial score (nSPS) is 24.6. The molecule has 0 radical (unpaired) electrons. The molecule has 1 aliphatic carbocycles. The Balaban J connectivity index is 0.769. The topological polar surface area (TPSA) is 185 Å². The number of aryl methyl sites for hydroxylation is 1. The van der Waals surface area contributed by atoms with E-state index in [1.807, 2.05) is 42.2 Å². The zero-order chi connectivity index (χ0) is 53.0. The lowest BCUT2D eigenvalue weighted by atomic mass is 9.77. The van der Waals surface area contributed by atoms with Gasteiger partial charge in [0, 0.05) is 91.4 Å². The monoisotopic (exact) mass is 1060 g/mol. The minimum Gasteiger partial charge on any atom is -0.488 e. The van der Waals surface area contributed by atoms with Crippen LogP contribution < -0.4 is 30.7 Å². The molecule has 4 aliphatic heterocycles. The number of nitrogens with one attached hydrogen (secondary N) is 2. The molecule has 0 bridgehead atoms. The summed E-state index contributed by atoms with van der Waals surface area (Å²) in [5.41, 5.74) is 5.27. The number of likely N-dealkylation sites (tertiary alicyclic amines) is 2. The van der Waals surface area contributed by atoms with Crippen molar-refractivity contribution in [2.75, 3.05) is 50.8 Å². The molecule has 4 atom stereocenters. The zero-order valence-electron chi connectivity index (χ0n) is 42.1. The van der Waals surface area contributed by atoms with Gasteiger partial charge in [0.25, 0.3) is 0 Å². The van der Waals surface area contributed by atoms with Crippen LogP contribution in [0.2, 0.25) is 5.02 Å². The van der Waals surface area contributed by atoms with Crippen LogP contribution in [0.25, 0.3) is 22.0 Å². The highest BCUT2D eigenvalue weighted by molar-refractivity contribution is 6.34. The second-order valence-corrected chi connectivity index (χ2v) is 21.1. The summed E-state index contributed by atoms with van der Waals surface area (Å²) in [4.78, 5) is 57.0. The van der Waals surface area contributed by atoms with Gasteiger partial charge in [-0.1, -0.05) is 48.9 Å². The number of piperidine rings is 2. The third kappa shape index (κ3) is 9.47. The molecule has 1 unspecified atom stereocenters. The number of amides is 5. The number of nitrogens with zero attached hydrogens (tertiary/aromatic N) is 5. The molecule has 10 rings (SSSR count). The molecule has 5 aromatic rings. The molecule has 75 heavy (non-hydrogen) atoms. The minimum absolute atomic E-state index is 0.000857. The summed E-state index contributed by atoms with van der Waals surface area (Å²) >= 11 is 6.72. The third-order valence-corrected chi connectivity index (χ3v) is 16.9. The maximum atomic E-state index is 16.5. The van der Waals surface area contributed by atoms with Gasteiger partial charge in [-0.25, -0.2) is 22.4 Å². The zero-order valence-corrected chi connectivity index (χ0v) is 42.8. The van der Waals surface area contributed by atoms with Crippen molar-refractivity contribution in [2.24, 2.45) is 18.7 Å². The van der Waals surface area contributed by atoms with Crippen molar-refractivity contribution in [1.82, 2.24) is 30.2 Å². The number of ether oxygens (including phenoxy) is 2. The van der Waals surface area contributed by atoms with Gasteiger partial charge in [0.1, 0.15) is 29.5 Å². The van der Waals surface area contributed by atoms with Crippen molar-refractivity contribution in [1.29, 1.82) is 0 Å². The summed E-state index contributed by atoms with van der Waals surface area (Å²) < 4.78 is 78.2. The predicted molar refractivity (Wildman–Crippen MR) is 273 cm³/mol. The lowest BCUT2D eigenvalue weighted by Gasteiger charge is -2.46. The van der Waals surface area contributed by atoms with Gasteiger partial charge in [-0.3, -0.25) is 29.3 Å². The number of benzene rings is 4. The smallest absolute Gasteiger partial charge is 0.329 e. The van der Waals surface area contributed by atoms with E-state index in [2.05, 4.69) is 27.6 Å². The van der Waals surface area contributed by atoms with Crippen molar-refractivity contribution in [3.8, 4) is 22.6 Å². The van der Waals surface area contributed by atoms with Crippen LogP contribution in [0, 0.1) is 29.2 Å². The van der Waals surface area contributed by atoms with Crippen molar-refractivity contribution in [2.45, 2.75) is 107 Å². The van der Waals surface area contributed by atoms with Crippen LogP contribution in [-0.4, -0.2) is 113 Å². The number of rotatable bonds is 13. The Bertz CT molecular complexity index is 3060. The molecule has 15 nitrogen and oxygen atoms in total. The Morgan fingerprint density at radius 1 is 0.920 bits per heavy atom. The Kier molecular flexibility index (Phi) is 14.6. The quantitative estimate of drug-likeness (QED) is 0.0840. The fourth-order valence-corrected chi connectivity index (χ4v) is 12.9. The lowest BCUT2D eigenvalue weighted by Crippen LogP contribution is -2.54. The summed E-state index contributed by atoms with van der Waals surface area (Å²) in [5, 5.41) is 19.5. The Morgan fingerprint density at radius 2 is 1.65 bits per heavy atom. The van der Waals surface area contributed by atoms with E-state index < -0.39 is 64.3 Å². The summed E-state index contributed by atoms with van der Waals surface area (Å²) in [5.74, 6) is -5.61. The molecule has 5 aliphatic rings. The molecule has 0 spiro atoms. The van der Waals surface area contributed by atoms with E-state index in [1.54, 1.807) is 7.05 Å². The number of halogens is 5. The number of anilines is 1. The highest BCUT2D eigenvalue weighted by atomic mass is 35.5. The van der Waals surface area contributed by atoms with Crippen LogP contribution >= 0.6 is 11.6 Å². The van der Waals surface area contributed by atoms with Crippen LogP contribution in [0.1, 0.15) is 111 Å². The van der Waals surface area contributed by atoms with Crippen molar-refractivity contribution >= 4 is 52.1 Å². The first kappa shape index (κ1) is 52.2. The van der Waals surface area contributed by atoms with Crippen molar-refractivity contribution in [3.05, 3.63) is 105 Å².